The van der Waals surface area contributed by atoms with Gasteiger partial charge in [0, 0.05) is 18.2 Å². The van der Waals surface area contributed by atoms with Crippen LogP contribution < -0.4 is 11.1 Å². The lowest BCUT2D eigenvalue weighted by atomic mass is 9.86. The molecule has 2 rings (SSSR count). The first-order chi connectivity index (χ1) is 8.58. The number of nitrogens with one attached hydrogen (secondary N) is 1. The van der Waals surface area contributed by atoms with Gasteiger partial charge in [-0.3, -0.25) is 10.1 Å². The van der Waals surface area contributed by atoms with E-state index in [-0.39, 0.29) is 5.69 Å². The van der Waals surface area contributed by atoms with Crippen molar-refractivity contribution in [2.24, 2.45) is 5.92 Å². The molecule has 0 heterocycles. The van der Waals surface area contributed by atoms with E-state index in [2.05, 4.69) is 12.2 Å². The molecule has 0 aromatic heterocycles. The van der Waals surface area contributed by atoms with Gasteiger partial charge < -0.3 is 11.1 Å². The number of anilines is 2. The van der Waals surface area contributed by atoms with Crippen LogP contribution in [0.5, 0.6) is 0 Å². The summed E-state index contributed by atoms with van der Waals surface area (Å²) in [6.45, 7) is 2.23. The van der Waals surface area contributed by atoms with Gasteiger partial charge in [-0.2, -0.15) is 0 Å². The molecule has 0 aliphatic heterocycles. The van der Waals surface area contributed by atoms with E-state index in [0.717, 1.165) is 12.1 Å². The zero-order valence-electron chi connectivity index (χ0n) is 10.6. The van der Waals surface area contributed by atoms with E-state index in [0.29, 0.717) is 17.6 Å². The molecule has 0 bridgehead atoms. The van der Waals surface area contributed by atoms with Crippen molar-refractivity contribution in [3.63, 3.8) is 0 Å². The Morgan fingerprint density at radius 3 is 2.72 bits per heavy atom. The first-order valence-corrected chi connectivity index (χ1v) is 6.38. The molecule has 2 unspecified atom stereocenters. The fraction of sp³-hybridized carbons (Fsp3) is 0.538. The Labute approximate surface area is 107 Å². The summed E-state index contributed by atoms with van der Waals surface area (Å²) in [6.07, 6.45) is 4.88. The molecular formula is C13H19N3O2. The molecule has 1 aromatic carbocycles. The number of benzene rings is 1. The summed E-state index contributed by atoms with van der Waals surface area (Å²) in [5, 5.41) is 14.1. The van der Waals surface area contributed by atoms with Crippen molar-refractivity contribution in [2.45, 2.75) is 38.6 Å². The van der Waals surface area contributed by atoms with E-state index < -0.39 is 4.92 Å². The third kappa shape index (κ3) is 2.72. The van der Waals surface area contributed by atoms with Gasteiger partial charge in [-0.1, -0.05) is 19.8 Å². The summed E-state index contributed by atoms with van der Waals surface area (Å²) in [7, 11) is 0. The number of rotatable bonds is 3. The smallest absolute Gasteiger partial charge is 0.271 e. The second-order valence-corrected chi connectivity index (χ2v) is 5.04. The zero-order valence-corrected chi connectivity index (χ0v) is 10.6. The van der Waals surface area contributed by atoms with Crippen molar-refractivity contribution in [1.82, 2.24) is 0 Å². The van der Waals surface area contributed by atoms with Crippen LogP contribution in [0.1, 0.15) is 32.6 Å². The number of nitrogen functional groups attached to an aromatic ring is 1. The van der Waals surface area contributed by atoms with Gasteiger partial charge in [0.2, 0.25) is 0 Å². The van der Waals surface area contributed by atoms with Crippen molar-refractivity contribution >= 4 is 17.1 Å². The van der Waals surface area contributed by atoms with Gasteiger partial charge in [0.25, 0.3) is 5.69 Å². The standard InChI is InChI=1S/C13H19N3O2/c1-9-4-2-3-5-12(9)15-13-7-6-10(16(17)18)8-11(13)14/h6-9,12,15H,2-5,14H2,1H3. The van der Waals surface area contributed by atoms with Crippen molar-refractivity contribution in [3.05, 3.63) is 28.3 Å². The molecule has 0 spiro atoms. The number of hydrogen-bond acceptors (Lipinski definition) is 4. The molecule has 0 saturated heterocycles. The van der Waals surface area contributed by atoms with Crippen molar-refractivity contribution in [1.29, 1.82) is 0 Å². The predicted octanol–water partition coefficient (Wildman–Crippen LogP) is 3.17. The Balaban J connectivity index is 2.11. The molecule has 1 saturated carbocycles. The largest absolute Gasteiger partial charge is 0.397 e. The fourth-order valence-electron chi connectivity index (χ4n) is 2.53. The minimum Gasteiger partial charge on any atom is -0.397 e. The van der Waals surface area contributed by atoms with Crippen LogP contribution in [0.25, 0.3) is 0 Å². The summed E-state index contributed by atoms with van der Waals surface area (Å²) in [6, 6.07) is 5.03. The first-order valence-electron chi connectivity index (χ1n) is 6.38. The Kier molecular flexibility index (Phi) is 3.69. The average molecular weight is 249 g/mol. The van der Waals surface area contributed by atoms with E-state index >= 15 is 0 Å². The number of nitrogens with zero attached hydrogens (tertiary/aromatic N) is 1. The summed E-state index contributed by atoms with van der Waals surface area (Å²) in [5.74, 6) is 0.619. The van der Waals surface area contributed by atoms with Crippen LogP contribution in [0.4, 0.5) is 17.1 Å². The number of non-ortho nitro benzene ring substituents is 1. The molecule has 3 N–H and O–H groups in total. The highest BCUT2D eigenvalue weighted by Gasteiger charge is 2.21. The van der Waals surface area contributed by atoms with Gasteiger partial charge in [-0.05, 0) is 24.8 Å². The van der Waals surface area contributed by atoms with Gasteiger partial charge in [-0.15, -0.1) is 0 Å². The minimum absolute atomic E-state index is 0.0368. The monoisotopic (exact) mass is 249 g/mol. The minimum atomic E-state index is -0.427. The van der Waals surface area contributed by atoms with E-state index in [1.54, 1.807) is 6.07 Å². The van der Waals surface area contributed by atoms with Gasteiger partial charge in [-0.25, -0.2) is 0 Å². The van der Waals surface area contributed by atoms with Gasteiger partial charge in [0.15, 0.2) is 0 Å². The van der Waals surface area contributed by atoms with Crippen LogP contribution in [0.3, 0.4) is 0 Å². The van der Waals surface area contributed by atoms with Crippen LogP contribution in [-0.2, 0) is 0 Å². The Morgan fingerprint density at radius 1 is 1.39 bits per heavy atom. The summed E-state index contributed by atoms with van der Waals surface area (Å²) in [4.78, 5) is 10.2. The molecule has 0 amide bonds. The quantitative estimate of drug-likeness (QED) is 0.489. The second kappa shape index (κ2) is 5.25. The molecule has 1 aliphatic rings. The molecule has 5 nitrogen and oxygen atoms in total. The molecule has 0 radical (unpaired) electrons. The maximum atomic E-state index is 10.6. The average Bonchev–Trinajstić information content (AvgIpc) is 2.34. The van der Waals surface area contributed by atoms with E-state index in [4.69, 9.17) is 5.73 Å². The maximum Gasteiger partial charge on any atom is 0.271 e. The van der Waals surface area contributed by atoms with Gasteiger partial charge in [0.1, 0.15) is 0 Å². The molecule has 98 valence electrons. The molecule has 1 aliphatic carbocycles. The molecule has 18 heavy (non-hydrogen) atoms. The number of hydrogen-bond donors (Lipinski definition) is 2. The highest BCUT2D eigenvalue weighted by molar-refractivity contribution is 5.69. The maximum absolute atomic E-state index is 10.6. The Hall–Kier alpha value is -1.78. The normalized spacial score (nSPS) is 23.6. The lowest BCUT2D eigenvalue weighted by molar-refractivity contribution is -0.384. The van der Waals surface area contributed by atoms with E-state index in [1.807, 2.05) is 0 Å². The van der Waals surface area contributed by atoms with Crippen molar-refractivity contribution < 1.29 is 4.92 Å². The molecular weight excluding hydrogens is 230 g/mol. The lowest BCUT2D eigenvalue weighted by Gasteiger charge is -2.30. The van der Waals surface area contributed by atoms with E-state index in [9.17, 15) is 10.1 Å². The zero-order chi connectivity index (χ0) is 13.1. The SMILES string of the molecule is CC1CCCCC1Nc1ccc([N+](=O)[O-])cc1N. The molecule has 2 atom stereocenters. The predicted molar refractivity (Wildman–Crippen MR) is 72.6 cm³/mol. The highest BCUT2D eigenvalue weighted by atomic mass is 16.6. The third-order valence-corrected chi connectivity index (χ3v) is 3.70. The van der Waals surface area contributed by atoms with Crippen LogP contribution in [0.15, 0.2) is 18.2 Å². The Bertz CT molecular complexity index is 448. The summed E-state index contributed by atoms with van der Waals surface area (Å²) < 4.78 is 0. The van der Waals surface area contributed by atoms with Crippen LogP contribution in [0, 0.1) is 16.0 Å². The van der Waals surface area contributed by atoms with Crippen LogP contribution >= 0.6 is 0 Å². The number of nitro groups is 1. The van der Waals surface area contributed by atoms with Crippen LogP contribution in [-0.4, -0.2) is 11.0 Å². The highest BCUT2D eigenvalue weighted by Crippen LogP contribution is 2.30. The third-order valence-electron chi connectivity index (χ3n) is 3.70. The molecule has 1 fully saturated rings. The summed E-state index contributed by atoms with van der Waals surface area (Å²) >= 11 is 0. The van der Waals surface area contributed by atoms with Gasteiger partial charge >= 0.3 is 0 Å². The van der Waals surface area contributed by atoms with Crippen molar-refractivity contribution in [3.8, 4) is 0 Å². The van der Waals surface area contributed by atoms with Gasteiger partial charge in [0.05, 0.1) is 16.3 Å². The number of nitro benzene ring substituents is 1. The Morgan fingerprint density at radius 2 is 2.11 bits per heavy atom. The van der Waals surface area contributed by atoms with E-state index in [1.165, 1.54) is 31.4 Å². The summed E-state index contributed by atoms with van der Waals surface area (Å²) in [5.41, 5.74) is 7.14. The molecule has 5 heteroatoms. The topological polar surface area (TPSA) is 81.2 Å². The van der Waals surface area contributed by atoms with Crippen molar-refractivity contribution in [2.75, 3.05) is 11.1 Å². The first kappa shape index (κ1) is 12.7. The fourth-order valence-corrected chi connectivity index (χ4v) is 2.53. The van der Waals surface area contributed by atoms with Crippen LogP contribution in [0.2, 0.25) is 0 Å². The second-order valence-electron chi connectivity index (χ2n) is 5.04. The molecule has 1 aromatic rings. The lowest BCUT2D eigenvalue weighted by Crippen LogP contribution is -2.30. The number of nitrogens with two attached hydrogens (primary N) is 1.